The van der Waals surface area contributed by atoms with Gasteiger partial charge in [-0.2, -0.15) is 18.3 Å². The van der Waals surface area contributed by atoms with Crippen LogP contribution in [-0.2, 0) is 9.53 Å². The number of carbonyl (C=O) groups excluding carboxylic acids is 1. The molecule has 1 aliphatic rings. The van der Waals surface area contributed by atoms with E-state index in [2.05, 4.69) is 19.8 Å². The fraction of sp³-hybridized carbons (Fsp3) is 0.308. The van der Waals surface area contributed by atoms with Gasteiger partial charge in [0.2, 0.25) is 0 Å². The number of alkyl halides is 3. The van der Waals surface area contributed by atoms with Crippen LogP contribution in [0.5, 0.6) is 0 Å². The van der Waals surface area contributed by atoms with Gasteiger partial charge in [-0.3, -0.25) is 4.68 Å². The second-order valence-corrected chi connectivity index (χ2v) is 11.3. The van der Waals surface area contributed by atoms with Crippen LogP contribution in [0.4, 0.5) is 19.0 Å². The summed E-state index contributed by atoms with van der Waals surface area (Å²) in [6.45, 7) is 0. The van der Waals surface area contributed by atoms with E-state index in [0.29, 0.717) is 37.0 Å². The Labute approximate surface area is 228 Å². The number of thioether (sulfide) groups is 1. The van der Waals surface area contributed by atoms with Crippen LogP contribution in [0.3, 0.4) is 0 Å². The van der Waals surface area contributed by atoms with Crippen LogP contribution in [-0.4, -0.2) is 44.3 Å². The van der Waals surface area contributed by atoms with Gasteiger partial charge in [0.05, 0.1) is 22.5 Å². The molecule has 0 saturated heterocycles. The van der Waals surface area contributed by atoms with Crippen molar-refractivity contribution in [2.75, 3.05) is 12.0 Å². The molecular formula is C26H22F3N5O3S2. The minimum Gasteiger partial charge on any atom is -0.456 e. The fourth-order valence-corrected chi connectivity index (χ4v) is 6.53. The van der Waals surface area contributed by atoms with E-state index in [1.807, 2.05) is 41.4 Å². The first kappa shape index (κ1) is 25.7. The van der Waals surface area contributed by atoms with Crippen LogP contribution >= 0.6 is 23.1 Å². The van der Waals surface area contributed by atoms with Crippen molar-refractivity contribution < 1.29 is 27.1 Å². The minimum atomic E-state index is -4.98. The molecule has 5 aromatic rings. The summed E-state index contributed by atoms with van der Waals surface area (Å²) < 4.78 is 52.2. The van der Waals surface area contributed by atoms with Crippen LogP contribution in [0.15, 0.2) is 51.6 Å². The number of furan rings is 1. The molecule has 0 spiro atoms. The SMILES string of the molecule is CSc1nc2cccc(-c3cc4c(-c5cnn([C@H]6CC[C@H](OC(=O)C(F)(F)F)CC6)c5)cnc(N)c4o3)c2s1. The molecule has 6 rings (SSSR count). The molecule has 13 heteroatoms. The van der Waals surface area contributed by atoms with E-state index in [9.17, 15) is 18.0 Å². The lowest BCUT2D eigenvalue weighted by Crippen LogP contribution is -2.32. The van der Waals surface area contributed by atoms with Crippen molar-refractivity contribution in [2.24, 2.45) is 0 Å². The zero-order valence-corrected chi connectivity index (χ0v) is 22.2. The molecule has 1 saturated carbocycles. The number of pyridine rings is 1. The molecule has 4 heterocycles. The number of hydrogen-bond acceptors (Lipinski definition) is 9. The molecular weight excluding hydrogens is 551 g/mol. The van der Waals surface area contributed by atoms with Crippen molar-refractivity contribution in [2.45, 2.75) is 48.3 Å². The van der Waals surface area contributed by atoms with Crippen LogP contribution in [0.25, 0.3) is 43.6 Å². The first-order chi connectivity index (χ1) is 18.7. The Hall–Kier alpha value is -3.58. The summed E-state index contributed by atoms with van der Waals surface area (Å²) in [7, 11) is 0. The number of esters is 1. The van der Waals surface area contributed by atoms with Gasteiger partial charge in [0.15, 0.2) is 15.7 Å². The van der Waals surface area contributed by atoms with Crippen LogP contribution in [0, 0.1) is 0 Å². The number of thiazole rings is 1. The van der Waals surface area contributed by atoms with E-state index in [1.165, 1.54) is 0 Å². The van der Waals surface area contributed by atoms with Gasteiger partial charge in [-0.1, -0.05) is 17.8 Å². The van der Waals surface area contributed by atoms with Crippen molar-refractivity contribution in [3.8, 4) is 22.5 Å². The second kappa shape index (κ2) is 9.87. The van der Waals surface area contributed by atoms with Gasteiger partial charge in [0.1, 0.15) is 11.9 Å². The Balaban J connectivity index is 1.27. The van der Waals surface area contributed by atoms with E-state index >= 15 is 0 Å². The molecule has 0 amide bonds. The normalized spacial score (nSPS) is 18.2. The maximum atomic E-state index is 12.5. The molecule has 202 valence electrons. The van der Waals surface area contributed by atoms with Crippen LogP contribution < -0.4 is 5.73 Å². The Morgan fingerprint density at radius 2 is 2.00 bits per heavy atom. The lowest BCUT2D eigenvalue weighted by atomic mass is 9.93. The molecule has 1 aromatic carbocycles. The van der Waals surface area contributed by atoms with Crippen molar-refractivity contribution in [1.82, 2.24) is 19.7 Å². The van der Waals surface area contributed by atoms with Crippen molar-refractivity contribution in [3.63, 3.8) is 0 Å². The molecule has 0 radical (unpaired) electrons. The Bertz CT molecular complexity index is 1690. The van der Waals surface area contributed by atoms with Gasteiger partial charge < -0.3 is 14.9 Å². The Morgan fingerprint density at radius 1 is 1.21 bits per heavy atom. The number of nitrogens with two attached hydrogens (primary N) is 1. The third kappa shape index (κ3) is 4.84. The standard InChI is InChI=1S/C26H22F3N5O3S2/c1-38-25-33-19-4-2-3-16(22(19)39-25)20-9-17-18(11-31-23(30)21(17)37-20)13-10-32-34(12-13)14-5-7-15(8-6-14)36-24(35)26(27,28)29/h2-4,9-12,14-15H,5-8H2,1H3,(H2,30,31)/t14-,15-. The lowest BCUT2D eigenvalue weighted by Gasteiger charge is -2.28. The van der Waals surface area contributed by atoms with Crippen molar-refractivity contribution in [3.05, 3.63) is 42.9 Å². The summed E-state index contributed by atoms with van der Waals surface area (Å²) in [6, 6.07) is 7.84. The largest absolute Gasteiger partial charge is 0.490 e. The number of nitrogen functional groups attached to an aromatic ring is 1. The lowest BCUT2D eigenvalue weighted by molar-refractivity contribution is -0.206. The molecule has 0 atom stereocenters. The highest BCUT2D eigenvalue weighted by atomic mass is 32.2. The second-order valence-electron chi connectivity index (χ2n) is 9.29. The maximum absolute atomic E-state index is 12.5. The van der Waals surface area contributed by atoms with Crippen molar-refractivity contribution in [1.29, 1.82) is 0 Å². The molecule has 2 N–H and O–H groups in total. The molecule has 0 bridgehead atoms. The summed E-state index contributed by atoms with van der Waals surface area (Å²) in [6.07, 6.45) is 3.32. The summed E-state index contributed by atoms with van der Waals surface area (Å²) in [5.41, 5.74) is 10.1. The molecule has 0 aliphatic heterocycles. The smallest absolute Gasteiger partial charge is 0.456 e. The number of rotatable bonds is 5. The maximum Gasteiger partial charge on any atom is 0.490 e. The van der Waals surface area contributed by atoms with E-state index in [1.54, 1.807) is 35.5 Å². The first-order valence-corrected chi connectivity index (χ1v) is 14.2. The molecule has 0 unspecified atom stereocenters. The Morgan fingerprint density at radius 3 is 2.74 bits per heavy atom. The number of anilines is 1. The predicted molar refractivity (Wildman–Crippen MR) is 143 cm³/mol. The average Bonchev–Trinajstić information content (AvgIpc) is 3.67. The highest BCUT2D eigenvalue weighted by molar-refractivity contribution is 8.00. The fourth-order valence-electron chi connectivity index (χ4n) is 4.94. The monoisotopic (exact) mass is 573 g/mol. The van der Waals surface area contributed by atoms with E-state index in [-0.39, 0.29) is 11.9 Å². The van der Waals surface area contributed by atoms with Gasteiger partial charge in [0, 0.05) is 34.5 Å². The Kier molecular flexibility index (Phi) is 6.50. The third-order valence-corrected chi connectivity index (χ3v) is 8.95. The van der Waals surface area contributed by atoms with Crippen LogP contribution in [0.1, 0.15) is 31.7 Å². The van der Waals surface area contributed by atoms with E-state index in [4.69, 9.17) is 10.2 Å². The molecule has 1 aliphatic carbocycles. The number of nitrogens with zero attached hydrogens (tertiary/aromatic N) is 4. The van der Waals surface area contributed by atoms with Gasteiger partial charge in [0.25, 0.3) is 0 Å². The molecule has 39 heavy (non-hydrogen) atoms. The predicted octanol–water partition coefficient (Wildman–Crippen LogP) is 6.86. The first-order valence-electron chi connectivity index (χ1n) is 12.2. The number of aromatic nitrogens is 4. The average molecular weight is 574 g/mol. The third-order valence-electron chi connectivity index (χ3n) is 6.86. The van der Waals surface area contributed by atoms with E-state index < -0.39 is 18.2 Å². The number of ether oxygens (including phenoxy) is 1. The molecule has 8 nitrogen and oxygen atoms in total. The highest BCUT2D eigenvalue weighted by Crippen LogP contribution is 2.41. The number of hydrogen-bond donors (Lipinski definition) is 1. The van der Waals surface area contributed by atoms with Crippen LogP contribution in [0.2, 0.25) is 0 Å². The summed E-state index contributed by atoms with van der Waals surface area (Å²) >= 11 is 3.20. The highest BCUT2D eigenvalue weighted by Gasteiger charge is 2.42. The summed E-state index contributed by atoms with van der Waals surface area (Å²) in [4.78, 5) is 20.1. The summed E-state index contributed by atoms with van der Waals surface area (Å²) in [5, 5.41) is 5.32. The molecule has 1 fully saturated rings. The number of fused-ring (bicyclic) bond motifs is 2. The molecule has 4 aromatic heterocycles. The summed E-state index contributed by atoms with van der Waals surface area (Å²) in [5.74, 6) is -1.20. The quantitative estimate of drug-likeness (QED) is 0.179. The van der Waals surface area contributed by atoms with Gasteiger partial charge in [-0.05, 0) is 50.1 Å². The number of carbonyl (C=O) groups is 1. The van der Waals surface area contributed by atoms with Crippen molar-refractivity contribution >= 4 is 56.1 Å². The van der Waals surface area contributed by atoms with Gasteiger partial charge in [-0.25, -0.2) is 14.8 Å². The van der Waals surface area contributed by atoms with Gasteiger partial charge >= 0.3 is 12.1 Å². The topological polar surface area (TPSA) is 109 Å². The minimum absolute atomic E-state index is 0.0220. The zero-order valence-electron chi connectivity index (χ0n) is 20.6. The van der Waals surface area contributed by atoms with E-state index in [0.717, 1.165) is 36.6 Å². The number of halogens is 3. The number of benzene rings is 1. The van der Waals surface area contributed by atoms with Gasteiger partial charge in [-0.15, -0.1) is 11.3 Å². The zero-order chi connectivity index (χ0) is 27.3.